The van der Waals surface area contributed by atoms with Crippen molar-refractivity contribution in [2.75, 3.05) is 6.61 Å². The highest BCUT2D eigenvalue weighted by atomic mass is 16.5. The van der Waals surface area contributed by atoms with E-state index in [0.717, 1.165) is 0 Å². The molecule has 0 aromatic heterocycles. The minimum absolute atomic E-state index is 0.270. The Bertz CT molecular complexity index is 368. The summed E-state index contributed by atoms with van der Waals surface area (Å²) in [5.41, 5.74) is 0.510. The zero-order chi connectivity index (χ0) is 12.6. The van der Waals surface area contributed by atoms with Gasteiger partial charge in [-0.2, -0.15) is 0 Å². The minimum Gasteiger partial charge on any atom is -0.394 e. The third-order valence-electron chi connectivity index (χ3n) is 3.08. The predicted molar refractivity (Wildman–Crippen MR) is 59.6 cm³/mol. The Morgan fingerprint density at radius 2 is 2.35 bits per heavy atom. The van der Waals surface area contributed by atoms with Gasteiger partial charge >= 0.3 is 6.03 Å². The first-order valence-electron chi connectivity index (χ1n) is 5.45. The summed E-state index contributed by atoms with van der Waals surface area (Å²) >= 11 is 0. The molecule has 17 heavy (non-hydrogen) atoms. The number of amides is 2. The van der Waals surface area contributed by atoms with Gasteiger partial charge in [-0.05, 0) is 6.08 Å². The van der Waals surface area contributed by atoms with Crippen molar-refractivity contribution in [2.24, 2.45) is 5.92 Å². The summed E-state index contributed by atoms with van der Waals surface area (Å²) in [6.07, 6.45) is 1.20. The molecule has 0 radical (unpaired) electrons. The molecule has 4 unspecified atom stereocenters. The summed E-state index contributed by atoms with van der Waals surface area (Å²) in [6.45, 7) is 5.12. The molecular formula is C11H16N2O4. The van der Waals surface area contributed by atoms with Crippen molar-refractivity contribution in [3.63, 3.8) is 0 Å². The van der Waals surface area contributed by atoms with Gasteiger partial charge in [0, 0.05) is 17.8 Å². The highest BCUT2D eigenvalue weighted by Gasteiger charge is 2.44. The summed E-state index contributed by atoms with van der Waals surface area (Å²) in [5.74, 6) is -0.270. The van der Waals surface area contributed by atoms with Crippen molar-refractivity contribution in [2.45, 2.75) is 25.4 Å². The fourth-order valence-electron chi connectivity index (χ4n) is 2.04. The van der Waals surface area contributed by atoms with E-state index in [1.807, 2.05) is 0 Å². The average Bonchev–Trinajstić information content (AvgIpc) is 2.57. The lowest BCUT2D eigenvalue weighted by Gasteiger charge is -2.30. The zero-order valence-electron chi connectivity index (χ0n) is 9.54. The third-order valence-corrected chi connectivity index (χ3v) is 3.08. The van der Waals surface area contributed by atoms with Gasteiger partial charge in [-0.25, -0.2) is 4.79 Å². The van der Waals surface area contributed by atoms with Crippen LogP contribution in [0.25, 0.3) is 0 Å². The second kappa shape index (κ2) is 4.48. The smallest absolute Gasteiger partial charge is 0.327 e. The van der Waals surface area contributed by atoms with Gasteiger partial charge in [0.15, 0.2) is 0 Å². The molecule has 2 amide bonds. The van der Waals surface area contributed by atoms with Gasteiger partial charge in [-0.3, -0.25) is 4.90 Å². The highest BCUT2D eigenvalue weighted by molar-refractivity contribution is 5.79. The van der Waals surface area contributed by atoms with Crippen molar-refractivity contribution in [3.8, 4) is 0 Å². The van der Waals surface area contributed by atoms with Gasteiger partial charge in [0.25, 0.3) is 0 Å². The Morgan fingerprint density at radius 3 is 2.88 bits per heavy atom. The van der Waals surface area contributed by atoms with Crippen molar-refractivity contribution >= 4 is 6.03 Å². The molecular weight excluding hydrogens is 224 g/mol. The van der Waals surface area contributed by atoms with Crippen LogP contribution in [0.3, 0.4) is 0 Å². The fraction of sp³-hybridized carbons (Fsp3) is 0.545. The SMILES string of the molecule is C=C1C=CN(C2OC(CO)C(O)C2C)C(=O)N1. The van der Waals surface area contributed by atoms with Crippen molar-refractivity contribution < 1.29 is 19.7 Å². The Kier molecular flexibility index (Phi) is 3.19. The molecule has 2 rings (SSSR count). The molecule has 0 saturated carbocycles. The molecule has 0 aliphatic carbocycles. The summed E-state index contributed by atoms with van der Waals surface area (Å²) < 4.78 is 5.46. The molecule has 2 aliphatic rings. The summed E-state index contributed by atoms with van der Waals surface area (Å²) in [4.78, 5) is 13.1. The molecule has 0 bridgehead atoms. The molecule has 0 aromatic carbocycles. The van der Waals surface area contributed by atoms with E-state index in [4.69, 9.17) is 9.84 Å². The highest BCUT2D eigenvalue weighted by Crippen LogP contribution is 2.30. The number of ether oxygens (including phenoxy) is 1. The van der Waals surface area contributed by atoms with E-state index >= 15 is 0 Å². The van der Waals surface area contributed by atoms with E-state index in [-0.39, 0.29) is 18.6 Å². The van der Waals surface area contributed by atoms with Crippen LogP contribution >= 0.6 is 0 Å². The van der Waals surface area contributed by atoms with E-state index in [2.05, 4.69) is 11.9 Å². The van der Waals surface area contributed by atoms with E-state index in [0.29, 0.717) is 5.70 Å². The van der Waals surface area contributed by atoms with E-state index in [9.17, 15) is 9.90 Å². The quantitative estimate of drug-likeness (QED) is 0.622. The maximum Gasteiger partial charge on any atom is 0.327 e. The molecule has 1 saturated heterocycles. The minimum atomic E-state index is -0.781. The lowest BCUT2D eigenvalue weighted by molar-refractivity contribution is -0.0561. The lowest BCUT2D eigenvalue weighted by atomic mass is 10.0. The number of nitrogens with one attached hydrogen (secondary N) is 1. The molecule has 2 aliphatic heterocycles. The zero-order valence-corrected chi connectivity index (χ0v) is 9.54. The van der Waals surface area contributed by atoms with Crippen LogP contribution in [0.2, 0.25) is 0 Å². The summed E-state index contributed by atoms with van der Waals surface area (Å²) in [6, 6.07) is -0.347. The van der Waals surface area contributed by atoms with Crippen LogP contribution < -0.4 is 5.32 Å². The van der Waals surface area contributed by atoms with Crippen LogP contribution in [0.4, 0.5) is 4.79 Å². The predicted octanol–water partition coefficient (Wildman–Crippen LogP) is -0.247. The van der Waals surface area contributed by atoms with Gasteiger partial charge in [0.1, 0.15) is 12.3 Å². The van der Waals surface area contributed by atoms with Crippen LogP contribution in [0.5, 0.6) is 0 Å². The van der Waals surface area contributed by atoms with Crippen LogP contribution in [-0.2, 0) is 4.74 Å². The number of nitrogens with zero attached hydrogens (tertiary/aromatic N) is 1. The maximum absolute atomic E-state index is 11.7. The largest absolute Gasteiger partial charge is 0.394 e. The van der Waals surface area contributed by atoms with E-state index in [1.54, 1.807) is 19.2 Å². The van der Waals surface area contributed by atoms with Gasteiger partial charge in [0.2, 0.25) is 0 Å². The van der Waals surface area contributed by atoms with E-state index in [1.165, 1.54) is 4.90 Å². The van der Waals surface area contributed by atoms with Crippen molar-refractivity contribution in [1.82, 2.24) is 10.2 Å². The molecule has 6 heteroatoms. The standard InChI is InChI=1S/C11H16N2O4/c1-6-3-4-13(11(16)12-6)10-7(2)9(15)8(5-14)17-10/h3-4,7-10,14-15H,1,5H2,2H3,(H,12,16). The first kappa shape index (κ1) is 12.1. The molecule has 4 atom stereocenters. The number of allylic oxidation sites excluding steroid dienone is 1. The Labute approximate surface area is 99.2 Å². The van der Waals surface area contributed by atoms with E-state index < -0.39 is 18.4 Å². The first-order chi connectivity index (χ1) is 8.04. The second-order valence-corrected chi connectivity index (χ2v) is 4.28. The number of aliphatic hydroxyl groups is 2. The van der Waals surface area contributed by atoms with Crippen molar-refractivity contribution in [3.05, 3.63) is 24.6 Å². The molecule has 94 valence electrons. The molecule has 1 fully saturated rings. The molecule has 0 spiro atoms. The first-order valence-corrected chi connectivity index (χ1v) is 5.45. The second-order valence-electron chi connectivity index (χ2n) is 4.28. The Balaban J connectivity index is 2.16. The molecule has 2 heterocycles. The molecule has 6 nitrogen and oxygen atoms in total. The molecule has 3 N–H and O–H groups in total. The molecule has 0 aromatic rings. The topological polar surface area (TPSA) is 82.0 Å². The fourth-order valence-corrected chi connectivity index (χ4v) is 2.04. The number of carbonyl (C=O) groups is 1. The van der Waals surface area contributed by atoms with Crippen LogP contribution in [-0.4, -0.2) is 46.2 Å². The maximum atomic E-state index is 11.7. The number of aliphatic hydroxyl groups excluding tert-OH is 2. The number of rotatable bonds is 2. The van der Waals surface area contributed by atoms with Gasteiger partial charge in [-0.1, -0.05) is 13.5 Å². The lowest BCUT2D eigenvalue weighted by Crippen LogP contribution is -2.47. The average molecular weight is 240 g/mol. The summed E-state index contributed by atoms with van der Waals surface area (Å²) in [7, 11) is 0. The Morgan fingerprint density at radius 1 is 1.65 bits per heavy atom. The van der Waals surface area contributed by atoms with Crippen LogP contribution in [0.15, 0.2) is 24.6 Å². The van der Waals surface area contributed by atoms with Gasteiger partial charge in [0.05, 0.1) is 12.7 Å². The third kappa shape index (κ3) is 2.06. The van der Waals surface area contributed by atoms with Gasteiger partial charge in [-0.15, -0.1) is 0 Å². The van der Waals surface area contributed by atoms with Gasteiger partial charge < -0.3 is 20.3 Å². The number of urea groups is 1. The van der Waals surface area contributed by atoms with Crippen LogP contribution in [0, 0.1) is 5.92 Å². The number of hydrogen-bond donors (Lipinski definition) is 3. The normalized spacial score (nSPS) is 37.5. The monoisotopic (exact) mass is 240 g/mol. The summed E-state index contributed by atoms with van der Waals surface area (Å²) in [5, 5.41) is 21.4. The Hall–Kier alpha value is -1.37. The number of hydrogen-bond acceptors (Lipinski definition) is 4. The van der Waals surface area contributed by atoms with Crippen molar-refractivity contribution in [1.29, 1.82) is 0 Å². The number of carbonyl (C=O) groups excluding carboxylic acids is 1. The van der Waals surface area contributed by atoms with Crippen LogP contribution in [0.1, 0.15) is 6.92 Å².